The second-order valence-electron chi connectivity index (χ2n) is 6.24. The maximum absolute atomic E-state index is 13.9. The molecule has 0 fully saturated rings. The lowest BCUT2D eigenvalue weighted by Gasteiger charge is -2.14. The Hall–Kier alpha value is -2.99. The van der Waals surface area contributed by atoms with E-state index >= 15 is 0 Å². The van der Waals surface area contributed by atoms with E-state index in [4.69, 9.17) is 0 Å². The summed E-state index contributed by atoms with van der Waals surface area (Å²) in [5, 5.41) is 5.52. The first-order valence-electron chi connectivity index (χ1n) is 8.64. The lowest BCUT2D eigenvalue weighted by Crippen LogP contribution is -2.25. The monoisotopic (exact) mass is 440 g/mol. The number of halogens is 2. The molecule has 28 heavy (non-hydrogen) atoms. The summed E-state index contributed by atoms with van der Waals surface area (Å²) in [4.78, 5) is 25.2. The van der Waals surface area contributed by atoms with E-state index in [1.165, 1.54) is 18.2 Å². The number of aryl methyl sites for hydroxylation is 1. The summed E-state index contributed by atoms with van der Waals surface area (Å²) >= 11 is 3.37. The van der Waals surface area contributed by atoms with Crippen LogP contribution in [0.5, 0.6) is 0 Å². The van der Waals surface area contributed by atoms with E-state index in [-0.39, 0.29) is 11.5 Å². The molecule has 2 N–H and O–H groups in total. The van der Waals surface area contributed by atoms with Crippen LogP contribution in [0, 0.1) is 12.7 Å². The van der Waals surface area contributed by atoms with Crippen LogP contribution in [0.2, 0.25) is 0 Å². The van der Waals surface area contributed by atoms with Crippen molar-refractivity contribution in [1.82, 2.24) is 5.32 Å². The predicted octanol–water partition coefficient (Wildman–Crippen LogP) is 5.08. The van der Waals surface area contributed by atoms with Crippen molar-refractivity contribution in [3.05, 3.63) is 99.3 Å². The van der Waals surface area contributed by atoms with Gasteiger partial charge in [-0.3, -0.25) is 9.59 Å². The number of carbonyl (C=O) groups excluding carboxylic acids is 2. The third kappa shape index (κ3) is 4.64. The Morgan fingerprint density at radius 1 is 0.893 bits per heavy atom. The Kier molecular flexibility index (Phi) is 6.21. The Bertz CT molecular complexity index is 1020. The van der Waals surface area contributed by atoms with Gasteiger partial charge in [0.2, 0.25) is 0 Å². The fourth-order valence-electron chi connectivity index (χ4n) is 2.73. The Morgan fingerprint density at radius 3 is 2.29 bits per heavy atom. The van der Waals surface area contributed by atoms with E-state index in [0.29, 0.717) is 23.4 Å². The van der Waals surface area contributed by atoms with Crippen LogP contribution in [-0.4, -0.2) is 11.8 Å². The highest BCUT2D eigenvalue weighted by Crippen LogP contribution is 2.22. The number of rotatable bonds is 5. The molecule has 0 aromatic heterocycles. The molecular weight excluding hydrogens is 423 g/mol. The molecule has 0 aliphatic rings. The average Bonchev–Trinajstić information content (AvgIpc) is 2.69. The standard InChI is InChI=1S/C22H18BrFN2O2/c1-14-5-4-7-18(21(27)25-13-15-9-11-16(23)12-10-15)20(14)26-22(28)17-6-2-3-8-19(17)24/h2-12H,13H2,1H3,(H,25,27)(H,26,28). The molecular formula is C22H18BrFN2O2. The van der Waals surface area contributed by atoms with Crippen molar-refractivity contribution in [2.45, 2.75) is 13.5 Å². The van der Waals surface area contributed by atoms with Gasteiger partial charge >= 0.3 is 0 Å². The van der Waals surface area contributed by atoms with E-state index in [2.05, 4.69) is 26.6 Å². The third-order valence-electron chi connectivity index (χ3n) is 4.24. The molecule has 3 rings (SSSR count). The van der Waals surface area contributed by atoms with Gasteiger partial charge < -0.3 is 10.6 Å². The maximum Gasteiger partial charge on any atom is 0.258 e. The number of carbonyl (C=O) groups is 2. The van der Waals surface area contributed by atoms with Gasteiger partial charge in [0, 0.05) is 11.0 Å². The largest absolute Gasteiger partial charge is 0.348 e. The van der Waals surface area contributed by atoms with Gasteiger partial charge in [0.05, 0.1) is 16.8 Å². The summed E-state index contributed by atoms with van der Waals surface area (Å²) in [6, 6.07) is 18.5. The molecule has 142 valence electrons. The summed E-state index contributed by atoms with van der Waals surface area (Å²) in [5.41, 5.74) is 2.26. The predicted molar refractivity (Wildman–Crippen MR) is 111 cm³/mol. The summed E-state index contributed by atoms with van der Waals surface area (Å²) in [7, 11) is 0. The van der Waals surface area contributed by atoms with Gasteiger partial charge in [-0.25, -0.2) is 4.39 Å². The summed E-state index contributed by atoms with van der Waals surface area (Å²) in [6.45, 7) is 2.13. The zero-order valence-corrected chi connectivity index (χ0v) is 16.7. The van der Waals surface area contributed by atoms with Gasteiger partial charge in [-0.05, 0) is 48.4 Å². The topological polar surface area (TPSA) is 58.2 Å². The van der Waals surface area contributed by atoms with E-state index in [0.717, 1.165) is 10.0 Å². The normalized spacial score (nSPS) is 10.4. The van der Waals surface area contributed by atoms with Gasteiger partial charge in [-0.15, -0.1) is 0 Å². The van der Waals surface area contributed by atoms with E-state index < -0.39 is 11.7 Å². The van der Waals surface area contributed by atoms with Gasteiger partial charge in [0.15, 0.2) is 0 Å². The molecule has 2 amide bonds. The lowest BCUT2D eigenvalue weighted by molar-refractivity contribution is 0.0951. The maximum atomic E-state index is 13.9. The van der Waals surface area contributed by atoms with E-state index in [1.807, 2.05) is 24.3 Å². The van der Waals surface area contributed by atoms with Crippen molar-refractivity contribution in [3.8, 4) is 0 Å². The van der Waals surface area contributed by atoms with Crippen molar-refractivity contribution < 1.29 is 14.0 Å². The molecule has 0 radical (unpaired) electrons. The molecule has 0 saturated carbocycles. The van der Waals surface area contributed by atoms with Crippen LogP contribution in [0.4, 0.5) is 10.1 Å². The van der Waals surface area contributed by atoms with Crippen LogP contribution in [-0.2, 0) is 6.54 Å². The number of hydrogen-bond donors (Lipinski definition) is 2. The lowest BCUT2D eigenvalue weighted by atomic mass is 10.1. The molecule has 3 aromatic rings. The fraction of sp³-hybridized carbons (Fsp3) is 0.0909. The first-order valence-corrected chi connectivity index (χ1v) is 9.43. The van der Waals surface area contributed by atoms with Crippen molar-refractivity contribution in [2.75, 3.05) is 5.32 Å². The molecule has 0 bridgehead atoms. The highest BCUT2D eigenvalue weighted by molar-refractivity contribution is 9.10. The van der Waals surface area contributed by atoms with Gasteiger partial charge in [-0.2, -0.15) is 0 Å². The molecule has 0 atom stereocenters. The smallest absolute Gasteiger partial charge is 0.258 e. The first kappa shape index (κ1) is 19.8. The van der Waals surface area contributed by atoms with Crippen LogP contribution in [0.1, 0.15) is 31.8 Å². The van der Waals surface area contributed by atoms with E-state index in [1.54, 1.807) is 31.2 Å². The summed E-state index contributed by atoms with van der Waals surface area (Å²) in [5.74, 6) is -1.54. The minimum absolute atomic E-state index is 0.0769. The Labute approximate surface area is 170 Å². The second-order valence-corrected chi connectivity index (χ2v) is 7.16. The second kappa shape index (κ2) is 8.80. The molecule has 6 heteroatoms. The number of hydrogen-bond acceptors (Lipinski definition) is 2. The van der Waals surface area contributed by atoms with Crippen molar-refractivity contribution >= 4 is 33.4 Å². The Balaban J connectivity index is 1.79. The van der Waals surface area contributed by atoms with Crippen molar-refractivity contribution in [1.29, 1.82) is 0 Å². The SMILES string of the molecule is Cc1cccc(C(=O)NCc2ccc(Br)cc2)c1NC(=O)c1ccccc1F. The van der Waals surface area contributed by atoms with Crippen LogP contribution in [0.3, 0.4) is 0 Å². The molecule has 0 aliphatic heterocycles. The average molecular weight is 441 g/mol. The number of amides is 2. The molecule has 3 aromatic carbocycles. The molecule has 0 saturated heterocycles. The fourth-order valence-corrected chi connectivity index (χ4v) is 2.99. The van der Waals surface area contributed by atoms with Gasteiger partial charge in [-0.1, -0.05) is 52.3 Å². The zero-order chi connectivity index (χ0) is 20.1. The van der Waals surface area contributed by atoms with E-state index in [9.17, 15) is 14.0 Å². The van der Waals surface area contributed by atoms with Crippen molar-refractivity contribution in [3.63, 3.8) is 0 Å². The molecule has 0 unspecified atom stereocenters. The summed E-state index contributed by atoms with van der Waals surface area (Å²) in [6.07, 6.45) is 0. The first-order chi connectivity index (χ1) is 13.5. The number of anilines is 1. The number of para-hydroxylation sites is 1. The minimum atomic E-state index is -0.616. The van der Waals surface area contributed by atoms with Crippen LogP contribution < -0.4 is 10.6 Å². The van der Waals surface area contributed by atoms with Crippen LogP contribution in [0.25, 0.3) is 0 Å². The number of benzene rings is 3. The van der Waals surface area contributed by atoms with Gasteiger partial charge in [0.1, 0.15) is 5.82 Å². The number of nitrogens with one attached hydrogen (secondary N) is 2. The van der Waals surface area contributed by atoms with Crippen molar-refractivity contribution in [2.24, 2.45) is 0 Å². The molecule has 0 heterocycles. The highest BCUT2D eigenvalue weighted by Gasteiger charge is 2.18. The highest BCUT2D eigenvalue weighted by atomic mass is 79.9. The minimum Gasteiger partial charge on any atom is -0.348 e. The van der Waals surface area contributed by atoms with Crippen LogP contribution >= 0.6 is 15.9 Å². The Morgan fingerprint density at radius 2 is 1.57 bits per heavy atom. The quantitative estimate of drug-likeness (QED) is 0.581. The zero-order valence-electron chi connectivity index (χ0n) is 15.1. The third-order valence-corrected chi connectivity index (χ3v) is 4.77. The molecule has 0 aliphatic carbocycles. The summed E-state index contributed by atoms with van der Waals surface area (Å²) < 4.78 is 14.9. The van der Waals surface area contributed by atoms with Gasteiger partial charge in [0.25, 0.3) is 11.8 Å². The molecule has 4 nitrogen and oxygen atoms in total. The van der Waals surface area contributed by atoms with Crippen LogP contribution in [0.15, 0.2) is 71.2 Å². The molecule has 0 spiro atoms.